The summed E-state index contributed by atoms with van der Waals surface area (Å²) in [5, 5.41) is 12.5. The van der Waals surface area contributed by atoms with Crippen LogP contribution in [0.15, 0.2) is 36.4 Å². The highest BCUT2D eigenvalue weighted by Crippen LogP contribution is 2.23. The lowest BCUT2D eigenvalue weighted by Gasteiger charge is -2.11. The van der Waals surface area contributed by atoms with Gasteiger partial charge in [-0.1, -0.05) is 18.2 Å². The van der Waals surface area contributed by atoms with Crippen molar-refractivity contribution in [2.24, 2.45) is 0 Å². The Morgan fingerprint density at radius 3 is 2.37 bits per heavy atom. The number of phenols is 1. The van der Waals surface area contributed by atoms with Gasteiger partial charge in [0.1, 0.15) is 5.75 Å². The Kier molecular flexibility index (Phi) is 4.09. The molecule has 0 radical (unpaired) electrons. The maximum Gasteiger partial charge on any atom is 0.255 e. The van der Waals surface area contributed by atoms with Gasteiger partial charge in [-0.15, -0.1) is 0 Å². The summed E-state index contributed by atoms with van der Waals surface area (Å²) in [4.78, 5) is 12.2. The third-order valence-corrected chi connectivity index (χ3v) is 3.84. The van der Waals surface area contributed by atoms with Gasteiger partial charge < -0.3 is 10.4 Å². The predicted octanol–water partition coefficient (Wildman–Crippen LogP) is 3.87. The van der Waals surface area contributed by atoms with Crippen molar-refractivity contribution in [3.8, 4) is 5.75 Å². The van der Waals surface area contributed by atoms with Crippen molar-refractivity contribution in [2.45, 2.75) is 13.8 Å². The van der Waals surface area contributed by atoms with Crippen molar-refractivity contribution in [3.05, 3.63) is 56.7 Å². The number of halogens is 1. The van der Waals surface area contributed by atoms with E-state index < -0.39 is 0 Å². The molecule has 0 bridgehead atoms. The molecule has 0 atom stereocenters. The molecule has 98 valence electrons. The SMILES string of the molecule is Cc1cccc(C)c1NC(=O)c1ccc(I)c(O)c1. The first-order valence-corrected chi connectivity index (χ1v) is 6.93. The quantitative estimate of drug-likeness (QED) is 0.792. The Morgan fingerprint density at radius 2 is 1.79 bits per heavy atom. The van der Waals surface area contributed by atoms with E-state index in [1.807, 2.05) is 54.6 Å². The molecule has 4 heteroatoms. The number of amides is 1. The number of benzene rings is 2. The van der Waals surface area contributed by atoms with Crippen molar-refractivity contribution in [1.82, 2.24) is 0 Å². The van der Waals surface area contributed by atoms with Crippen molar-refractivity contribution in [1.29, 1.82) is 0 Å². The Labute approximate surface area is 125 Å². The largest absolute Gasteiger partial charge is 0.507 e. The topological polar surface area (TPSA) is 49.3 Å². The van der Waals surface area contributed by atoms with Crippen molar-refractivity contribution in [2.75, 3.05) is 5.32 Å². The molecule has 0 aliphatic heterocycles. The van der Waals surface area contributed by atoms with Gasteiger partial charge in [0.25, 0.3) is 5.91 Å². The summed E-state index contributed by atoms with van der Waals surface area (Å²) in [6.45, 7) is 3.90. The number of carbonyl (C=O) groups is 1. The molecule has 0 aliphatic carbocycles. The average molecular weight is 367 g/mol. The predicted molar refractivity (Wildman–Crippen MR) is 84.7 cm³/mol. The van der Waals surface area contributed by atoms with E-state index >= 15 is 0 Å². The first-order chi connectivity index (χ1) is 8.99. The van der Waals surface area contributed by atoms with E-state index in [9.17, 15) is 9.90 Å². The van der Waals surface area contributed by atoms with Crippen molar-refractivity contribution in [3.63, 3.8) is 0 Å². The Hall–Kier alpha value is -1.56. The summed E-state index contributed by atoms with van der Waals surface area (Å²) in [6.07, 6.45) is 0. The number of aryl methyl sites for hydroxylation is 2. The zero-order chi connectivity index (χ0) is 14.0. The summed E-state index contributed by atoms with van der Waals surface area (Å²) in [5.74, 6) is -0.0983. The fourth-order valence-electron chi connectivity index (χ4n) is 1.85. The first kappa shape index (κ1) is 13.9. The molecule has 0 heterocycles. The molecule has 2 aromatic rings. The number of hydrogen-bond acceptors (Lipinski definition) is 2. The zero-order valence-electron chi connectivity index (χ0n) is 10.7. The van der Waals surface area contributed by atoms with Gasteiger partial charge in [-0.05, 0) is 65.8 Å². The maximum absolute atomic E-state index is 12.2. The molecule has 2 rings (SSSR count). The number of aromatic hydroxyl groups is 1. The Balaban J connectivity index is 2.28. The molecule has 1 amide bonds. The first-order valence-electron chi connectivity index (χ1n) is 5.85. The summed E-state index contributed by atoms with van der Waals surface area (Å²) in [6, 6.07) is 10.8. The molecule has 0 spiro atoms. The standard InChI is InChI=1S/C15H14INO2/c1-9-4-3-5-10(2)14(9)17-15(19)11-6-7-12(16)13(18)8-11/h3-8,18H,1-2H3,(H,17,19). The lowest BCUT2D eigenvalue weighted by Crippen LogP contribution is -2.13. The molecule has 0 saturated heterocycles. The van der Waals surface area contributed by atoms with Crippen LogP contribution in [0.3, 0.4) is 0 Å². The van der Waals surface area contributed by atoms with Gasteiger partial charge in [0.2, 0.25) is 0 Å². The molecular weight excluding hydrogens is 353 g/mol. The van der Waals surface area contributed by atoms with Crippen LogP contribution in [-0.2, 0) is 0 Å². The van der Waals surface area contributed by atoms with Gasteiger partial charge in [-0.25, -0.2) is 0 Å². The number of phenolic OH excluding ortho intramolecular Hbond substituents is 1. The van der Waals surface area contributed by atoms with Gasteiger partial charge in [0, 0.05) is 11.3 Å². The molecule has 3 nitrogen and oxygen atoms in total. The van der Waals surface area contributed by atoms with Crippen molar-refractivity contribution >= 4 is 34.2 Å². The molecular formula is C15H14INO2. The van der Waals surface area contributed by atoms with Crippen LogP contribution in [0.4, 0.5) is 5.69 Å². The summed E-state index contributed by atoms with van der Waals surface area (Å²) in [7, 11) is 0. The van der Waals surface area contributed by atoms with Gasteiger partial charge in [-0.2, -0.15) is 0 Å². The molecule has 0 saturated carbocycles. The molecule has 2 aromatic carbocycles. The van der Waals surface area contributed by atoms with E-state index in [0.717, 1.165) is 20.4 Å². The molecule has 0 unspecified atom stereocenters. The van der Waals surface area contributed by atoms with Gasteiger partial charge >= 0.3 is 0 Å². The van der Waals surface area contributed by atoms with Gasteiger partial charge in [-0.3, -0.25) is 4.79 Å². The maximum atomic E-state index is 12.2. The van der Waals surface area contributed by atoms with Crippen LogP contribution >= 0.6 is 22.6 Å². The number of rotatable bonds is 2. The van der Waals surface area contributed by atoms with Gasteiger partial charge in [0.15, 0.2) is 0 Å². The van der Waals surface area contributed by atoms with Crippen LogP contribution < -0.4 is 5.32 Å². The van der Waals surface area contributed by atoms with Crippen LogP contribution in [0, 0.1) is 17.4 Å². The normalized spacial score (nSPS) is 10.3. The number of anilines is 1. The zero-order valence-corrected chi connectivity index (χ0v) is 12.9. The summed E-state index contributed by atoms with van der Waals surface area (Å²) in [5.41, 5.74) is 3.30. The number of hydrogen-bond donors (Lipinski definition) is 2. The van der Waals surface area contributed by atoms with Crippen LogP contribution in [0.25, 0.3) is 0 Å². The summed E-state index contributed by atoms with van der Waals surface area (Å²) < 4.78 is 0.723. The van der Waals surface area contributed by atoms with Crippen molar-refractivity contribution < 1.29 is 9.90 Å². The molecule has 0 fully saturated rings. The van der Waals surface area contributed by atoms with E-state index in [2.05, 4.69) is 5.32 Å². The lowest BCUT2D eigenvalue weighted by atomic mass is 10.1. The average Bonchev–Trinajstić information content (AvgIpc) is 2.37. The fourth-order valence-corrected chi connectivity index (χ4v) is 2.19. The second-order valence-corrected chi connectivity index (χ2v) is 5.55. The molecule has 2 N–H and O–H groups in total. The van der Waals surface area contributed by atoms with E-state index in [0.29, 0.717) is 5.56 Å². The number of para-hydroxylation sites is 1. The minimum atomic E-state index is -0.218. The highest BCUT2D eigenvalue weighted by molar-refractivity contribution is 14.1. The van der Waals surface area contributed by atoms with E-state index in [1.54, 1.807) is 12.1 Å². The highest BCUT2D eigenvalue weighted by Gasteiger charge is 2.11. The Morgan fingerprint density at radius 1 is 1.16 bits per heavy atom. The number of nitrogens with one attached hydrogen (secondary N) is 1. The third-order valence-electron chi connectivity index (χ3n) is 2.93. The molecule has 0 aliphatic rings. The lowest BCUT2D eigenvalue weighted by molar-refractivity contribution is 0.102. The second-order valence-electron chi connectivity index (χ2n) is 4.39. The fraction of sp³-hybridized carbons (Fsp3) is 0.133. The van der Waals surface area contributed by atoms with E-state index in [-0.39, 0.29) is 11.7 Å². The van der Waals surface area contributed by atoms with E-state index in [1.165, 1.54) is 6.07 Å². The van der Waals surface area contributed by atoms with E-state index in [4.69, 9.17) is 0 Å². The Bertz CT molecular complexity index is 618. The minimum Gasteiger partial charge on any atom is -0.507 e. The third kappa shape index (κ3) is 3.07. The number of carbonyl (C=O) groups excluding carboxylic acids is 1. The summed E-state index contributed by atoms with van der Waals surface area (Å²) >= 11 is 2.02. The van der Waals surface area contributed by atoms with Gasteiger partial charge in [0.05, 0.1) is 3.57 Å². The highest BCUT2D eigenvalue weighted by atomic mass is 127. The molecule has 0 aromatic heterocycles. The monoisotopic (exact) mass is 367 g/mol. The molecule has 19 heavy (non-hydrogen) atoms. The van der Waals surface area contributed by atoms with Crippen LogP contribution in [0.1, 0.15) is 21.5 Å². The van der Waals surface area contributed by atoms with Crippen LogP contribution in [0.2, 0.25) is 0 Å². The minimum absolute atomic E-state index is 0.120. The van der Waals surface area contributed by atoms with Crippen LogP contribution in [0.5, 0.6) is 5.75 Å². The smallest absolute Gasteiger partial charge is 0.255 e. The second kappa shape index (κ2) is 5.61. The van der Waals surface area contributed by atoms with Crippen LogP contribution in [-0.4, -0.2) is 11.0 Å².